The molecule has 4 nitrogen and oxygen atoms in total. The van der Waals surface area contributed by atoms with Crippen molar-refractivity contribution in [3.8, 4) is 17.6 Å². The molecule has 0 aliphatic carbocycles. The largest absolute Gasteiger partial charge is 0.249 e. The summed E-state index contributed by atoms with van der Waals surface area (Å²) in [6.45, 7) is 0. The summed E-state index contributed by atoms with van der Waals surface area (Å²) in [4.78, 5) is 13.7. The Bertz CT molecular complexity index is 1100. The molecule has 118 valence electrons. The lowest BCUT2D eigenvalue weighted by molar-refractivity contribution is 1.06. The van der Waals surface area contributed by atoms with E-state index in [0.717, 1.165) is 27.9 Å². The van der Waals surface area contributed by atoms with E-state index in [0.29, 0.717) is 17.8 Å². The summed E-state index contributed by atoms with van der Waals surface area (Å²) < 4.78 is 0. The zero-order chi connectivity index (χ0) is 17.1. The van der Waals surface area contributed by atoms with E-state index in [1.807, 2.05) is 72.9 Å². The highest BCUT2D eigenvalue weighted by Gasteiger charge is 2.08. The molecule has 0 saturated carbocycles. The topological polar surface area (TPSA) is 62.5 Å². The van der Waals surface area contributed by atoms with Gasteiger partial charge in [-0.1, -0.05) is 42.5 Å². The Balaban J connectivity index is 1.70. The predicted molar refractivity (Wildman–Crippen MR) is 96.7 cm³/mol. The van der Waals surface area contributed by atoms with Crippen LogP contribution in [0.3, 0.4) is 0 Å². The fourth-order valence-electron chi connectivity index (χ4n) is 2.78. The van der Waals surface area contributed by atoms with Gasteiger partial charge in [0.1, 0.15) is 5.69 Å². The van der Waals surface area contributed by atoms with Gasteiger partial charge in [0.05, 0.1) is 17.1 Å². The summed E-state index contributed by atoms with van der Waals surface area (Å²) >= 11 is 0. The highest BCUT2D eigenvalue weighted by molar-refractivity contribution is 5.79. The second-order valence-electron chi connectivity index (χ2n) is 5.71. The standard InChI is InChI=1S/C21H14N4/c22-13-16-7-2-1-6-15(16)12-18-9-5-11-20(24-18)21-23-14-17-8-3-4-10-19(17)25-21/h1-11,14H,12H2. The van der Waals surface area contributed by atoms with Crippen LogP contribution in [0.4, 0.5) is 0 Å². The predicted octanol–water partition coefficient (Wildman–Crippen LogP) is 4.15. The van der Waals surface area contributed by atoms with Gasteiger partial charge in [-0.15, -0.1) is 0 Å². The summed E-state index contributed by atoms with van der Waals surface area (Å²) in [6.07, 6.45) is 2.42. The van der Waals surface area contributed by atoms with E-state index in [1.54, 1.807) is 0 Å². The molecule has 0 spiro atoms. The van der Waals surface area contributed by atoms with E-state index < -0.39 is 0 Å². The van der Waals surface area contributed by atoms with E-state index in [9.17, 15) is 5.26 Å². The van der Waals surface area contributed by atoms with Gasteiger partial charge in [0, 0.05) is 23.7 Å². The Labute approximate surface area is 145 Å². The Morgan fingerprint density at radius 1 is 0.840 bits per heavy atom. The summed E-state index contributed by atoms with van der Waals surface area (Å²) in [7, 11) is 0. The summed E-state index contributed by atoms with van der Waals surface area (Å²) in [5.74, 6) is 0.606. The van der Waals surface area contributed by atoms with Gasteiger partial charge in [-0.05, 0) is 29.8 Å². The molecule has 4 heteroatoms. The molecule has 2 heterocycles. The van der Waals surface area contributed by atoms with Gasteiger partial charge >= 0.3 is 0 Å². The maximum absolute atomic E-state index is 9.24. The van der Waals surface area contributed by atoms with Gasteiger partial charge in [0.15, 0.2) is 5.82 Å². The highest BCUT2D eigenvalue weighted by atomic mass is 14.9. The lowest BCUT2D eigenvalue weighted by Gasteiger charge is -2.06. The third kappa shape index (κ3) is 3.08. The Hall–Kier alpha value is -3.58. The fourth-order valence-corrected chi connectivity index (χ4v) is 2.78. The molecule has 0 radical (unpaired) electrons. The van der Waals surface area contributed by atoms with Crippen LogP contribution >= 0.6 is 0 Å². The van der Waals surface area contributed by atoms with E-state index in [-0.39, 0.29) is 0 Å². The third-order valence-corrected chi connectivity index (χ3v) is 4.03. The molecule has 25 heavy (non-hydrogen) atoms. The molecule has 0 aliphatic heterocycles. The number of rotatable bonds is 3. The van der Waals surface area contributed by atoms with Crippen molar-refractivity contribution in [1.82, 2.24) is 15.0 Å². The maximum Gasteiger partial charge on any atom is 0.178 e. The number of nitrogens with zero attached hydrogens (tertiary/aromatic N) is 4. The zero-order valence-electron chi connectivity index (χ0n) is 13.4. The Morgan fingerprint density at radius 2 is 1.68 bits per heavy atom. The molecule has 4 rings (SSSR count). The number of pyridine rings is 1. The molecule has 0 saturated heterocycles. The summed E-state index contributed by atoms with van der Waals surface area (Å²) in [6, 6.07) is 23.5. The quantitative estimate of drug-likeness (QED) is 0.568. The molecular weight excluding hydrogens is 308 g/mol. The first-order valence-corrected chi connectivity index (χ1v) is 7.99. The lowest BCUT2D eigenvalue weighted by Crippen LogP contribution is -1.98. The van der Waals surface area contributed by atoms with Crippen molar-refractivity contribution >= 4 is 10.9 Å². The minimum absolute atomic E-state index is 0.602. The van der Waals surface area contributed by atoms with Crippen LogP contribution in [0.5, 0.6) is 0 Å². The molecule has 0 unspecified atom stereocenters. The average Bonchev–Trinajstić information content (AvgIpc) is 2.68. The SMILES string of the molecule is N#Cc1ccccc1Cc1cccc(-c2ncc3ccccc3n2)n1. The first kappa shape index (κ1) is 15.0. The van der Waals surface area contributed by atoms with Crippen molar-refractivity contribution in [1.29, 1.82) is 5.26 Å². The van der Waals surface area contributed by atoms with E-state index in [4.69, 9.17) is 0 Å². The van der Waals surface area contributed by atoms with Crippen molar-refractivity contribution in [2.75, 3.05) is 0 Å². The second kappa shape index (κ2) is 6.50. The van der Waals surface area contributed by atoms with Crippen LogP contribution in [-0.2, 0) is 6.42 Å². The minimum Gasteiger partial charge on any atom is -0.249 e. The smallest absolute Gasteiger partial charge is 0.178 e. The molecule has 0 fully saturated rings. The molecule has 2 aromatic heterocycles. The number of para-hydroxylation sites is 1. The summed E-state index contributed by atoms with van der Waals surface area (Å²) in [5.41, 5.74) is 4.16. The molecule has 4 aromatic rings. The molecule has 0 N–H and O–H groups in total. The first-order valence-electron chi connectivity index (χ1n) is 7.99. The molecule has 2 aromatic carbocycles. The molecule has 0 aliphatic rings. The van der Waals surface area contributed by atoms with Gasteiger partial charge in [-0.25, -0.2) is 15.0 Å². The van der Waals surface area contributed by atoms with Gasteiger partial charge in [0.25, 0.3) is 0 Å². The van der Waals surface area contributed by atoms with Gasteiger partial charge in [-0.2, -0.15) is 5.26 Å². The van der Waals surface area contributed by atoms with Crippen LogP contribution in [-0.4, -0.2) is 15.0 Å². The van der Waals surface area contributed by atoms with Crippen molar-refractivity contribution in [3.05, 3.63) is 89.7 Å². The normalized spacial score (nSPS) is 10.5. The monoisotopic (exact) mass is 322 g/mol. The van der Waals surface area contributed by atoms with E-state index in [1.165, 1.54) is 0 Å². The van der Waals surface area contributed by atoms with Crippen LogP contribution in [0.25, 0.3) is 22.4 Å². The zero-order valence-corrected chi connectivity index (χ0v) is 13.4. The fraction of sp³-hybridized carbons (Fsp3) is 0.0476. The number of hydrogen-bond donors (Lipinski definition) is 0. The maximum atomic E-state index is 9.24. The molecular formula is C21H14N4. The van der Waals surface area contributed by atoms with E-state index >= 15 is 0 Å². The van der Waals surface area contributed by atoms with Gasteiger partial charge < -0.3 is 0 Å². The number of benzene rings is 2. The van der Waals surface area contributed by atoms with Crippen LogP contribution < -0.4 is 0 Å². The number of hydrogen-bond acceptors (Lipinski definition) is 4. The lowest BCUT2D eigenvalue weighted by atomic mass is 10.0. The van der Waals surface area contributed by atoms with Crippen LogP contribution in [0.15, 0.2) is 72.9 Å². The second-order valence-corrected chi connectivity index (χ2v) is 5.71. The number of nitriles is 1. The van der Waals surface area contributed by atoms with Gasteiger partial charge in [0.2, 0.25) is 0 Å². The molecule has 0 atom stereocenters. The van der Waals surface area contributed by atoms with Crippen molar-refractivity contribution < 1.29 is 0 Å². The minimum atomic E-state index is 0.602. The number of aromatic nitrogens is 3. The summed E-state index contributed by atoms with van der Waals surface area (Å²) in [5, 5.41) is 10.2. The molecule has 0 bridgehead atoms. The molecule has 0 amide bonds. The third-order valence-electron chi connectivity index (χ3n) is 4.03. The van der Waals surface area contributed by atoms with Gasteiger partial charge in [-0.3, -0.25) is 0 Å². The van der Waals surface area contributed by atoms with E-state index in [2.05, 4.69) is 21.0 Å². The van der Waals surface area contributed by atoms with Crippen molar-refractivity contribution in [3.63, 3.8) is 0 Å². The van der Waals surface area contributed by atoms with Crippen LogP contribution in [0.2, 0.25) is 0 Å². The Kier molecular flexibility index (Phi) is 3.89. The van der Waals surface area contributed by atoms with Crippen LogP contribution in [0, 0.1) is 11.3 Å². The van der Waals surface area contributed by atoms with Crippen molar-refractivity contribution in [2.45, 2.75) is 6.42 Å². The Morgan fingerprint density at radius 3 is 2.60 bits per heavy atom. The average molecular weight is 322 g/mol. The van der Waals surface area contributed by atoms with Crippen molar-refractivity contribution in [2.24, 2.45) is 0 Å². The highest BCUT2D eigenvalue weighted by Crippen LogP contribution is 2.18. The number of fused-ring (bicyclic) bond motifs is 1. The first-order chi connectivity index (χ1) is 12.3. The van der Waals surface area contributed by atoms with Crippen LogP contribution in [0.1, 0.15) is 16.8 Å².